The zero-order valence-corrected chi connectivity index (χ0v) is 16.9. The van der Waals surface area contributed by atoms with E-state index in [0.717, 1.165) is 38.1 Å². The summed E-state index contributed by atoms with van der Waals surface area (Å²) in [5.74, 6) is 0.980. The van der Waals surface area contributed by atoms with Crippen molar-refractivity contribution in [3.8, 4) is 5.75 Å². The van der Waals surface area contributed by atoms with Crippen LogP contribution in [0, 0.1) is 0 Å². The van der Waals surface area contributed by atoms with E-state index in [9.17, 15) is 4.79 Å². The topological polar surface area (TPSA) is 44.8 Å². The zero-order valence-electron chi connectivity index (χ0n) is 16.9. The molecule has 0 radical (unpaired) electrons. The highest BCUT2D eigenvalue weighted by molar-refractivity contribution is 5.78. The number of hydrogen-bond donors (Lipinski definition) is 1. The first kappa shape index (κ1) is 20.2. The van der Waals surface area contributed by atoms with Crippen molar-refractivity contribution in [1.29, 1.82) is 0 Å². The minimum atomic E-state index is 0.108. The van der Waals surface area contributed by atoms with Crippen LogP contribution in [0.1, 0.15) is 30.9 Å². The summed E-state index contributed by atoms with van der Waals surface area (Å²) in [5, 5.41) is 3.08. The fourth-order valence-corrected chi connectivity index (χ4v) is 3.84. The molecule has 1 aliphatic heterocycles. The number of ether oxygens (including phenoxy) is 1. The molecule has 0 spiro atoms. The van der Waals surface area contributed by atoms with Gasteiger partial charge in [-0.2, -0.15) is 0 Å². The Bertz CT molecular complexity index is 751. The molecule has 1 N–H and O–H groups in total. The van der Waals surface area contributed by atoms with Crippen molar-refractivity contribution in [2.45, 2.75) is 25.3 Å². The first-order chi connectivity index (χ1) is 13.7. The number of hydrogen-bond acceptors (Lipinski definition) is 4. The second-order valence-corrected chi connectivity index (χ2v) is 7.37. The normalized spacial score (nSPS) is 16.7. The van der Waals surface area contributed by atoms with Gasteiger partial charge in [0.1, 0.15) is 5.75 Å². The Hall–Kier alpha value is -2.53. The number of amides is 1. The smallest absolute Gasteiger partial charge is 0.234 e. The molecule has 28 heavy (non-hydrogen) atoms. The summed E-state index contributed by atoms with van der Waals surface area (Å²) >= 11 is 0. The Kier molecular flexibility index (Phi) is 7.31. The molecule has 0 aromatic heterocycles. The molecule has 0 saturated carbocycles. The van der Waals surface area contributed by atoms with Gasteiger partial charge in [-0.25, -0.2) is 0 Å². The van der Waals surface area contributed by atoms with Crippen LogP contribution in [0.3, 0.4) is 0 Å². The minimum Gasteiger partial charge on any atom is -0.497 e. The van der Waals surface area contributed by atoms with E-state index in [-0.39, 0.29) is 5.91 Å². The van der Waals surface area contributed by atoms with Crippen molar-refractivity contribution < 1.29 is 9.53 Å². The van der Waals surface area contributed by atoms with Gasteiger partial charge in [0.05, 0.1) is 13.7 Å². The molecule has 0 bridgehead atoms. The van der Waals surface area contributed by atoms with Gasteiger partial charge >= 0.3 is 0 Å². The molecule has 150 valence electrons. The molecule has 1 heterocycles. The number of para-hydroxylation sites is 1. The Morgan fingerprint density at radius 2 is 2.04 bits per heavy atom. The van der Waals surface area contributed by atoms with E-state index in [2.05, 4.69) is 46.4 Å². The molecule has 1 atom stereocenters. The van der Waals surface area contributed by atoms with E-state index in [0.29, 0.717) is 19.1 Å². The number of carbonyl (C=O) groups is 1. The van der Waals surface area contributed by atoms with E-state index in [4.69, 9.17) is 4.74 Å². The molecular weight excluding hydrogens is 350 g/mol. The molecule has 1 saturated heterocycles. The maximum atomic E-state index is 12.4. The zero-order chi connectivity index (χ0) is 19.8. The summed E-state index contributed by atoms with van der Waals surface area (Å²) in [6.07, 6.45) is 3.13. The quantitative estimate of drug-likeness (QED) is 0.676. The number of anilines is 1. The SMILES string of the molecule is COc1cccc(C2CCCN2CC(=O)NCCCN(C)c2ccccc2)c1. The molecule has 0 aliphatic carbocycles. The van der Waals surface area contributed by atoms with E-state index in [1.165, 1.54) is 11.3 Å². The first-order valence-corrected chi connectivity index (χ1v) is 10.1. The second kappa shape index (κ2) is 10.1. The van der Waals surface area contributed by atoms with Crippen LogP contribution >= 0.6 is 0 Å². The summed E-state index contributed by atoms with van der Waals surface area (Å²) in [4.78, 5) is 16.9. The van der Waals surface area contributed by atoms with E-state index in [1.54, 1.807) is 7.11 Å². The highest BCUT2D eigenvalue weighted by atomic mass is 16.5. The van der Waals surface area contributed by atoms with Gasteiger partial charge in [0.2, 0.25) is 5.91 Å². The fraction of sp³-hybridized carbons (Fsp3) is 0.435. The lowest BCUT2D eigenvalue weighted by molar-refractivity contribution is -0.122. The number of likely N-dealkylation sites (tertiary alicyclic amines) is 1. The van der Waals surface area contributed by atoms with Crippen LogP contribution in [0.2, 0.25) is 0 Å². The standard InChI is InChI=1S/C23H31N3O2/c1-25(20-10-4-3-5-11-20)15-8-14-24-23(27)18-26-16-7-13-22(26)19-9-6-12-21(17-19)28-2/h3-6,9-12,17,22H,7-8,13-16,18H2,1-2H3,(H,24,27). The molecule has 2 aromatic carbocycles. The van der Waals surface area contributed by atoms with Crippen molar-refractivity contribution in [3.05, 3.63) is 60.2 Å². The molecule has 1 aliphatic rings. The summed E-state index contributed by atoms with van der Waals surface area (Å²) in [7, 11) is 3.77. The van der Waals surface area contributed by atoms with Crippen molar-refractivity contribution in [3.63, 3.8) is 0 Å². The van der Waals surface area contributed by atoms with E-state index >= 15 is 0 Å². The third kappa shape index (κ3) is 5.49. The number of carbonyl (C=O) groups excluding carboxylic acids is 1. The van der Waals surface area contributed by atoms with Crippen LogP contribution in [-0.2, 0) is 4.79 Å². The van der Waals surface area contributed by atoms with Crippen LogP contribution < -0.4 is 15.0 Å². The largest absolute Gasteiger partial charge is 0.497 e. The van der Waals surface area contributed by atoms with Gasteiger partial charge in [0.15, 0.2) is 0 Å². The second-order valence-electron chi connectivity index (χ2n) is 7.37. The number of methoxy groups -OCH3 is 1. The Labute approximate surface area is 168 Å². The molecule has 5 heteroatoms. The lowest BCUT2D eigenvalue weighted by Gasteiger charge is -2.24. The maximum absolute atomic E-state index is 12.4. The van der Waals surface area contributed by atoms with Gasteiger partial charge in [0.25, 0.3) is 0 Å². The van der Waals surface area contributed by atoms with Gasteiger partial charge < -0.3 is 15.0 Å². The Morgan fingerprint density at radius 1 is 1.21 bits per heavy atom. The number of benzene rings is 2. The van der Waals surface area contributed by atoms with Crippen LogP contribution in [0.4, 0.5) is 5.69 Å². The summed E-state index contributed by atoms with van der Waals surface area (Å²) in [6.45, 7) is 3.04. The molecule has 1 fully saturated rings. The average molecular weight is 382 g/mol. The highest BCUT2D eigenvalue weighted by Crippen LogP contribution is 2.32. The maximum Gasteiger partial charge on any atom is 0.234 e. The summed E-state index contributed by atoms with van der Waals surface area (Å²) in [6, 6.07) is 18.8. The molecule has 2 aromatic rings. The lowest BCUT2D eigenvalue weighted by atomic mass is 10.0. The van der Waals surface area contributed by atoms with Gasteiger partial charge in [-0.05, 0) is 55.6 Å². The molecule has 5 nitrogen and oxygen atoms in total. The van der Waals surface area contributed by atoms with Gasteiger partial charge in [-0.1, -0.05) is 30.3 Å². The molecule has 1 unspecified atom stereocenters. The highest BCUT2D eigenvalue weighted by Gasteiger charge is 2.27. The lowest BCUT2D eigenvalue weighted by Crippen LogP contribution is -2.38. The van der Waals surface area contributed by atoms with Crippen molar-refractivity contribution >= 4 is 11.6 Å². The number of nitrogens with one attached hydrogen (secondary N) is 1. The molecule has 1 amide bonds. The van der Waals surface area contributed by atoms with Crippen LogP contribution in [0.15, 0.2) is 54.6 Å². The first-order valence-electron chi connectivity index (χ1n) is 10.1. The monoisotopic (exact) mass is 381 g/mol. The van der Waals surface area contributed by atoms with Crippen LogP contribution in [0.5, 0.6) is 5.75 Å². The minimum absolute atomic E-state index is 0.108. The number of rotatable bonds is 9. The van der Waals surface area contributed by atoms with Gasteiger partial charge in [0, 0.05) is 31.9 Å². The summed E-state index contributed by atoms with van der Waals surface area (Å²) in [5.41, 5.74) is 2.43. The van der Waals surface area contributed by atoms with Crippen LogP contribution in [0.25, 0.3) is 0 Å². The molecular formula is C23H31N3O2. The van der Waals surface area contributed by atoms with Crippen molar-refractivity contribution in [2.75, 3.05) is 45.2 Å². The summed E-state index contributed by atoms with van der Waals surface area (Å²) < 4.78 is 5.35. The van der Waals surface area contributed by atoms with E-state index < -0.39 is 0 Å². The average Bonchev–Trinajstić information content (AvgIpc) is 3.19. The predicted octanol–water partition coefficient (Wildman–Crippen LogP) is 3.47. The predicted molar refractivity (Wildman–Crippen MR) is 114 cm³/mol. The third-order valence-corrected chi connectivity index (χ3v) is 5.38. The van der Waals surface area contributed by atoms with E-state index in [1.807, 2.05) is 30.3 Å². The Morgan fingerprint density at radius 3 is 2.82 bits per heavy atom. The van der Waals surface area contributed by atoms with Crippen molar-refractivity contribution in [2.24, 2.45) is 0 Å². The van der Waals surface area contributed by atoms with Gasteiger partial charge in [-0.15, -0.1) is 0 Å². The van der Waals surface area contributed by atoms with Gasteiger partial charge in [-0.3, -0.25) is 9.69 Å². The molecule has 3 rings (SSSR count). The fourth-order valence-electron chi connectivity index (χ4n) is 3.84. The Balaban J connectivity index is 1.42. The number of nitrogens with zero attached hydrogens (tertiary/aromatic N) is 2. The third-order valence-electron chi connectivity index (χ3n) is 5.38. The van der Waals surface area contributed by atoms with Crippen molar-refractivity contribution in [1.82, 2.24) is 10.2 Å². The van der Waals surface area contributed by atoms with Crippen LogP contribution in [-0.4, -0.2) is 51.1 Å².